The first-order valence-corrected chi connectivity index (χ1v) is 2.64. The van der Waals surface area contributed by atoms with E-state index in [0.29, 0.717) is 5.82 Å². The van der Waals surface area contributed by atoms with Gasteiger partial charge in [0.2, 0.25) is 0 Å². The molecule has 0 atom stereocenters. The summed E-state index contributed by atoms with van der Waals surface area (Å²) in [5.41, 5.74) is 4.41. The van der Waals surface area contributed by atoms with Gasteiger partial charge in [0.15, 0.2) is 5.82 Å². The average Bonchev–Trinajstić information content (AvgIpc) is 2.59. The van der Waals surface area contributed by atoms with E-state index in [1.54, 1.807) is 12.4 Å². The molecule has 1 aromatic heterocycles. The van der Waals surface area contributed by atoms with Gasteiger partial charge in [0.05, 0.1) is 18.0 Å². The molecule has 1 aliphatic rings. The molecule has 10 heavy (non-hydrogen) atoms. The molecular weight excluding hydrogens is 132 g/mol. The van der Waals surface area contributed by atoms with Gasteiger partial charge in [0.1, 0.15) is 0 Å². The van der Waals surface area contributed by atoms with Gasteiger partial charge in [-0.2, -0.15) is 10.5 Å². The number of H-pyrrole nitrogens is 1. The molecule has 0 aromatic carbocycles. The maximum atomic E-state index is 3.66. The van der Waals surface area contributed by atoms with Crippen LogP contribution in [0.4, 0.5) is 0 Å². The predicted octanol–water partition coefficient (Wildman–Crippen LogP) is -0.856. The molecule has 6 nitrogen and oxygen atoms in total. The third kappa shape index (κ3) is 0.661. The third-order valence-corrected chi connectivity index (χ3v) is 1.08. The number of aromatic nitrogens is 4. The molecule has 0 bridgehead atoms. The zero-order valence-electron chi connectivity index (χ0n) is 4.89. The van der Waals surface area contributed by atoms with E-state index in [4.69, 9.17) is 0 Å². The van der Waals surface area contributed by atoms with Crippen molar-refractivity contribution in [1.82, 2.24) is 26.0 Å². The Labute approximate surface area is 56.0 Å². The Morgan fingerprint density at radius 1 is 1.40 bits per heavy atom. The number of rotatable bonds is 1. The second-order valence-corrected chi connectivity index (χ2v) is 1.69. The van der Waals surface area contributed by atoms with Crippen molar-refractivity contribution in [3.63, 3.8) is 0 Å². The van der Waals surface area contributed by atoms with Crippen LogP contribution in [0.15, 0.2) is 11.3 Å². The predicted molar refractivity (Wildman–Crippen MR) is 32.8 cm³/mol. The lowest BCUT2D eigenvalue weighted by Crippen LogP contribution is -1.85. The van der Waals surface area contributed by atoms with Crippen LogP contribution in [-0.2, 0) is 0 Å². The highest BCUT2D eigenvalue weighted by Crippen LogP contribution is 2.05. The van der Waals surface area contributed by atoms with Crippen LogP contribution < -0.4 is 5.43 Å². The minimum absolute atomic E-state index is 0.588. The van der Waals surface area contributed by atoms with Crippen molar-refractivity contribution in [2.75, 3.05) is 0 Å². The summed E-state index contributed by atoms with van der Waals surface area (Å²) in [7, 11) is 0. The molecule has 49 valence electrons. The molecule has 0 saturated heterocycles. The smallest absolute Gasteiger partial charge is 0.182 e. The fraction of sp³-hybridized carbons (Fsp3) is 0. The second kappa shape index (κ2) is 1.90. The van der Waals surface area contributed by atoms with Gasteiger partial charge < -0.3 is 0 Å². The molecular formula is C4H3N6. The van der Waals surface area contributed by atoms with Crippen molar-refractivity contribution >= 4 is 11.8 Å². The van der Waals surface area contributed by atoms with E-state index < -0.39 is 0 Å². The normalized spacial score (nSPS) is 15.0. The number of hydrogen-bond donors (Lipinski definition) is 1. The topological polar surface area (TPSA) is 80.9 Å². The van der Waals surface area contributed by atoms with E-state index in [2.05, 4.69) is 31.2 Å². The quantitative estimate of drug-likeness (QED) is 0.544. The minimum atomic E-state index is 0.588. The highest BCUT2D eigenvalue weighted by molar-refractivity contribution is 6.09. The summed E-state index contributed by atoms with van der Waals surface area (Å²) in [6, 6.07) is 0. The summed E-state index contributed by atoms with van der Waals surface area (Å²) < 4.78 is 0. The maximum Gasteiger partial charge on any atom is 0.182 e. The molecule has 1 N–H and O–H groups in total. The Morgan fingerprint density at radius 2 is 2.40 bits per heavy atom. The lowest BCUT2D eigenvalue weighted by molar-refractivity contribution is 0.881. The fourth-order valence-electron chi connectivity index (χ4n) is 0.628. The van der Waals surface area contributed by atoms with Crippen molar-refractivity contribution in [2.24, 2.45) is 5.10 Å². The number of nitrogens with one attached hydrogen (secondary N) is 1. The third-order valence-electron chi connectivity index (χ3n) is 1.08. The number of aromatic amines is 1. The van der Waals surface area contributed by atoms with Crippen LogP contribution in [0.5, 0.6) is 0 Å². The largest absolute Gasteiger partial charge is 0.239 e. The Kier molecular flexibility index (Phi) is 0.970. The standard InChI is InChI=1S/C4H3N6/c1-3(2-6-5-1)4-7-9-10-8-4/h1-2H,(H,7,8,9,10). The number of tetrazole rings is 1. The van der Waals surface area contributed by atoms with Gasteiger partial charge in [-0.1, -0.05) is 0 Å². The van der Waals surface area contributed by atoms with E-state index in [-0.39, 0.29) is 0 Å². The van der Waals surface area contributed by atoms with E-state index in [9.17, 15) is 0 Å². The molecule has 0 unspecified atom stereocenters. The van der Waals surface area contributed by atoms with Crippen LogP contribution in [0.1, 0.15) is 5.82 Å². The van der Waals surface area contributed by atoms with Crippen molar-refractivity contribution < 1.29 is 0 Å². The Morgan fingerprint density at radius 3 is 3.00 bits per heavy atom. The monoisotopic (exact) mass is 135 g/mol. The average molecular weight is 135 g/mol. The van der Waals surface area contributed by atoms with Crippen molar-refractivity contribution in [3.8, 4) is 0 Å². The van der Waals surface area contributed by atoms with Crippen LogP contribution in [0.2, 0.25) is 0 Å². The first kappa shape index (κ1) is 5.10. The Balaban J connectivity index is 2.36. The number of allylic oxidation sites excluding steroid dienone is 1. The van der Waals surface area contributed by atoms with E-state index in [0.717, 1.165) is 5.57 Å². The van der Waals surface area contributed by atoms with Gasteiger partial charge in [0, 0.05) is 0 Å². The molecule has 0 amide bonds. The second-order valence-electron chi connectivity index (χ2n) is 1.69. The summed E-state index contributed by atoms with van der Waals surface area (Å²) in [5, 5.41) is 16.7. The molecule has 1 aliphatic heterocycles. The molecule has 0 saturated carbocycles. The first-order valence-electron chi connectivity index (χ1n) is 2.64. The van der Waals surface area contributed by atoms with Crippen molar-refractivity contribution in [3.05, 3.63) is 12.0 Å². The van der Waals surface area contributed by atoms with Crippen LogP contribution in [0, 0.1) is 0 Å². The summed E-state index contributed by atoms with van der Waals surface area (Å²) in [5.74, 6) is 0.588. The summed E-state index contributed by atoms with van der Waals surface area (Å²) in [6.45, 7) is 0. The summed E-state index contributed by atoms with van der Waals surface area (Å²) in [6.07, 6.45) is 3.17. The zero-order valence-corrected chi connectivity index (χ0v) is 4.89. The van der Waals surface area contributed by atoms with E-state index >= 15 is 0 Å². The van der Waals surface area contributed by atoms with E-state index in [1.165, 1.54) is 0 Å². The van der Waals surface area contributed by atoms with Crippen LogP contribution >= 0.6 is 0 Å². The minimum Gasteiger partial charge on any atom is -0.239 e. The van der Waals surface area contributed by atoms with Gasteiger partial charge >= 0.3 is 0 Å². The fourth-order valence-corrected chi connectivity index (χ4v) is 0.628. The van der Waals surface area contributed by atoms with E-state index in [1.807, 2.05) is 0 Å². The summed E-state index contributed by atoms with van der Waals surface area (Å²) >= 11 is 0. The molecule has 1 radical (unpaired) electrons. The Hall–Kier alpha value is -1.72. The van der Waals surface area contributed by atoms with Gasteiger partial charge in [-0.05, 0) is 10.4 Å². The van der Waals surface area contributed by atoms with Crippen LogP contribution in [-0.4, -0.2) is 26.8 Å². The maximum absolute atomic E-state index is 3.66. The van der Waals surface area contributed by atoms with Crippen molar-refractivity contribution in [1.29, 1.82) is 0 Å². The highest BCUT2D eigenvalue weighted by atomic mass is 15.5. The van der Waals surface area contributed by atoms with Gasteiger partial charge in [-0.25, -0.2) is 5.10 Å². The van der Waals surface area contributed by atoms with Gasteiger partial charge in [-0.15, -0.1) is 5.10 Å². The zero-order chi connectivity index (χ0) is 6.81. The Bertz CT molecular complexity index is 270. The molecule has 1 aromatic rings. The van der Waals surface area contributed by atoms with Gasteiger partial charge in [0.25, 0.3) is 0 Å². The summed E-state index contributed by atoms with van der Waals surface area (Å²) in [4.78, 5) is 0. The van der Waals surface area contributed by atoms with Gasteiger partial charge in [-0.3, -0.25) is 0 Å². The molecule has 6 heteroatoms. The molecule has 0 spiro atoms. The van der Waals surface area contributed by atoms with Crippen molar-refractivity contribution in [2.45, 2.75) is 0 Å². The lowest BCUT2D eigenvalue weighted by Gasteiger charge is -1.82. The van der Waals surface area contributed by atoms with Crippen LogP contribution in [0.25, 0.3) is 5.57 Å². The molecule has 2 rings (SSSR count). The highest BCUT2D eigenvalue weighted by Gasteiger charge is 2.05. The lowest BCUT2D eigenvalue weighted by atomic mass is 10.3. The number of nitrogens with zero attached hydrogens (tertiary/aromatic N) is 5. The molecule has 0 fully saturated rings. The van der Waals surface area contributed by atoms with Crippen LogP contribution in [0.3, 0.4) is 0 Å². The SMILES string of the molecule is C1=N[N]C=C1c1nnn[nH]1. The first-order chi connectivity index (χ1) is 4.97. The number of hydrogen-bond acceptors (Lipinski definition) is 4. The molecule has 2 heterocycles. The molecule has 0 aliphatic carbocycles.